The normalized spacial score (nSPS) is 14.5. The molecule has 1 aliphatic heterocycles. The number of amidine groups is 2. The Hall–Kier alpha value is -6.78. The molecule has 1 aliphatic rings. The second kappa shape index (κ2) is 12.0. The Kier molecular flexibility index (Phi) is 6.85. The van der Waals surface area contributed by atoms with E-state index in [0.717, 1.165) is 61.0 Å². The van der Waals surface area contributed by atoms with Gasteiger partial charge >= 0.3 is 0 Å². The van der Waals surface area contributed by atoms with Crippen LogP contribution in [0.3, 0.4) is 0 Å². The molecule has 0 amide bonds. The number of furan rings is 1. The number of benzene rings is 8. The molecule has 1 unspecified atom stereocenters. The van der Waals surface area contributed by atoms with Gasteiger partial charge in [-0.2, -0.15) is 0 Å². The SMILES string of the molecule is c1ccc(-c2ccc(-c3cc(C4=NC(c5ccc6ccccc6c5)=NC(c5ccccc5)N4)c4c(c3)oc3ccccc34)c3ccccc23)cc1. The molecule has 0 aliphatic carbocycles. The molecule has 4 nitrogen and oxygen atoms in total. The predicted molar refractivity (Wildman–Crippen MR) is 211 cm³/mol. The van der Waals surface area contributed by atoms with E-state index in [1.807, 2.05) is 18.2 Å². The van der Waals surface area contributed by atoms with Gasteiger partial charge in [-0.1, -0.05) is 152 Å². The molecule has 1 N–H and O–H groups in total. The number of nitrogens with one attached hydrogen (secondary N) is 1. The topological polar surface area (TPSA) is 49.9 Å². The first-order chi connectivity index (χ1) is 25.3. The molecule has 0 bridgehead atoms. The zero-order valence-electron chi connectivity index (χ0n) is 27.6. The smallest absolute Gasteiger partial charge is 0.159 e. The van der Waals surface area contributed by atoms with Gasteiger partial charge in [-0.25, -0.2) is 9.98 Å². The van der Waals surface area contributed by atoms with Gasteiger partial charge in [0.2, 0.25) is 0 Å². The first kappa shape index (κ1) is 29.2. The van der Waals surface area contributed by atoms with Gasteiger partial charge in [-0.15, -0.1) is 0 Å². The lowest BCUT2D eigenvalue weighted by Crippen LogP contribution is -2.33. The van der Waals surface area contributed by atoms with Crippen molar-refractivity contribution in [2.45, 2.75) is 6.17 Å². The molecule has 8 aromatic carbocycles. The molecule has 51 heavy (non-hydrogen) atoms. The highest BCUT2D eigenvalue weighted by Crippen LogP contribution is 2.40. The molecular weight excluding hydrogens is 623 g/mol. The van der Waals surface area contributed by atoms with Crippen LogP contribution in [0, 0.1) is 0 Å². The minimum absolute atomic E-state index is 0.331. The lowest BCUT2D eigenvalue weighted by Gasteiger charge is -2.24. The maximum atomic E-state index is 6.61. The quantitative estimate of drug-likeness (QED) is 0.201. The van der Waals surface area contributed by atoms with Crippen LogP contribution in [0.5, 0.6) is 0 Å². The molecule has 2 heterocycles. The lowest BCUT2D eigenvalue weighted by atomic mass is 9.90. The van der Waals surface area contributed by atoms with E-state index >= 15 is 0 Å². The van der Waals surface area contributed by atoms with Crippen LogP contribution in [0.4, 0.5) is 0 Å². The minimum atomic E-state index is -0.331. The van der Waals surface area contributed by atoms with E-state index in [-0.39, 0.29) is 6.17 Å². The highest BCUT2D eigenvalue weighted by Gasteiger charge is 2.25. The average molecular weight is 654 g/mol. The Morgan fingerprint density at radius 2 is 1.10 bits per heavy atom. The summed E-state index contributed by atoms with van der Waals surface area (Å²) >= 11 is 0. The van der Waals surface area contributed by atoms with E-state index in [2.05, 4.69) is 163 Å². The van der Waals surface area contributed by atoms with Crippen molar-refractivity contribution in [3.63, 3.8) is 0 Å². The summed E-state index contributed by atoms with van der Waals surface area (Å²) in [6, 6.07) is 61.7. The summed E-state index contributed by atoms with van der Waals surface area (Å²) in [4.78, 5) is 10.5. The van der Waals surface area contributed by atoms with Crippen molar-refractivity contribution in [2.75, 3.05) is 0 Å². The van der Waals surface area contributed by atoms with Gasteiger partial charge in [0.25, 0.3) is 0 Å². The van der Waals surface area contributed by atoms with Gasteiger partial charge in [0.1, 0.15) is 23.2 Å². The van der Waals surface area contributed by atoms with Crippen molar-refractivity contribution in [1.82, 2.24) is 5.32 Å². The van der Waals surface area contributed by atoms with Gasteiger partial charge < -0.3 is 9.73 Å². The van der Waals surface area contributed by atoms with Crippen LogP contribution in [0.2, 0.25) is 0 Å². The average Bonchev–Trinajstić information content (AvgIpc) is 3.59. The highest BCUT2D eigenvalue weighted by molar-refractivity contribution is 6.23. The Balaban J connectivity index is 1.21. The number of aliphatic imine (C=N–C) groups is 2. The number of hydrogen-bond acceptors (Lipinski definition) is 4. The molecule has 4 heteroatoms. The fourth-order valence-electron chi connectivity index (χ4n) is 7.47. The van der Waals surface area contributed by atoms with Crippen LogP contribution in [-0.2, 0) is 0 Å². The Labute approximate surface area is 295 Å². The predicted octanol–water partition coefficient (Wildman–Crippen LogP) is 11.7. The molecule has 0 radical (unpaired) electrons. The third-order valence-corrected chi connectivity index (χ3v) is 9.92. The second-order valence-corrected chi connectivity index (χ2v) is 13.0. The Morgan fingerprint density at radius 1 is 0.451 bits per heavy atom. The fourth-order valence-corrected chi connectivity index (χ4v) is 7.47. The van der Waals surface area contributed by atoms with Crippen molar-refractivity contribution in [3.05, 3.63) is 193 Å². The molecule has 0 saturated heterocycles. The van der Waals surface area contributed by atoms with Crippen molar-refractivity contribution in [2.24, 2.45) is 9.98 Å². The molecule has 0 fully saturated rings. The molecule has 1 atom stereocenters. The number of rotatable bonds is 5. The summed E-state index contributed by atoms with van der Waals surface area (Å²) in [6.07, 6.45) is -0.331. The third-order valence-electron chi connectivity index (χ3n) is 9.92. The van der Waals surface area contributed by atoms with Gasteiger partial charge in [0.15, 0.2) is 5.84 Å². The van der Waals surface area contributed by atoms with Crippen LogP contribution in [0.1, 0.15) is 22.9 Å². The van der Waals surface area contributed by atoms with E-state index in [1.165, 1.54) is 27.3 Å². The highest BCUT2D eigenvalue weighted by atomic mass is 16.3. The first-order valence-corrected chi connectivity index (χ1v) is 17.3. The number of para-hydroxylation sites is 1. The molecule has 0 spiro atoms. The summed E-state index contributed by atoms with van der Waals surface area (Å²) < 4.78 is 6.61. The zero-order valence-corrected chi connectivity index (χ0v) is 27.6. The molecule has 0 saturated carbocycles. The van der Waals surface area contributed by atoms with Crippen molar-refractivity contribution >= 4 is 55.2 Å². The van der Waals surface area contributed by atoms with Crippen LogP contribution in [0.25, 0.3) is 65.7 Å². The van der Waals surface area contributed by atoms with Crippen LogP contribution in [-0.4, -0.2) is 11.7 Å². The first-order valence-electron chi connectivity index (χ1n) is 17.3. The third kappa shape index (κ3) is 5.08. The maximum Gasteiger partial charge on any atom is 0.159 e. The van der Waals surface area contributed by atoms with Gasteiger partial charge in [0.05, 0.1) is 0 Å². The zero-order chi connectivity index (χ0) is 33.7. The van der Waals surface area contributed by atoms with E-state index in [4.69, 9.17) is 14.4 Å². The van der Waals surface area contributed by atoms with Crippen LogP contribution in [0.15, 0.2) is 190 Å². The summed E-state index contributed by atoms with van der Waals surface area (Å²) in [5.74, 6) is 1.44. The van der Waals surface area contributed by atoms with Crippen molar-refractivity contribution < 1.29 is 4.42 Å². The van der Waals surface area contributed by atoms with Gasteiger partial charge in [-0.05, 0) is 73.6 Å². The molecule has 1 aromatic heterocycles. The monoisotopic (exact) mass is 653 g/mol. The standard InChI is InChI=1S/C47H31N3O/c1-3-14-31(15-4-1)36-25-26-37(39-20-10-9-19-38(36)39)35-28-41(44-40-21-11-12-22-42(40)51-43(44)29-35)47-49-45(32-16-5-2-6-17-32)48-46(50-47)34-24-23-30-13-7-8-18-33(30)27-34/h1-29,45H,(H,48,49,50). The number of nitrogens with zero attached hydrogens (tertiary/aromatic N) is 2. The number of hydrogen-bond donors (Lipinski definition) is 1. The Morgan fingerprint density at radius 3 is 1.88 bits per heavy atom. The van der Waals surface area contributed by atoms with Crippen molar-refractivity contribution in [1.29, 1.82) is 0 Å². The van der Waals surface area contributed by atoms with E-state index in [0.29, 0.717) is 5.84 Å². The maximum absolute atomic E-state index is 6.61. The molecule has 240 valence electrons. The second-order valence-electron chi connectivity index (χ2n) is 13.0. The van der Waals surface area contributed by atoms with Crippen molar-refractivity contribution in [3.8, 4) is 22.3 Å². The van der Waals surface area contributed by atoms with E-state index in [1.54, 1.807) is 0 Å². The van der Waals surface area contributed by atoms with Gasteiger partial charge in [0, 0.05) is 21.9 Å². The van der Waals surface area contributed by atoms with E-state index in [9.17, 15) is 0 Å². The Bertz CT molecular complexity index is 2830. The lowest BCUT2D eigenvalue weighted by molar-refractivity contribution is 0.668. The summed E-state index contributed by atoms with van der Waals surface area (Å²) in [7, 11) is 0. The fraction of sp³-hybridized carbons (Fsp3) is 0.0213. The summed E-state index contributed by atoms with van der Waals surface area (Å²) in [5.41, 5.74) is 9.26. The van der Waals surface area contributed by atoms with Crippen LogP contribution >= 0.6 is 0 Å². The van der Waals surface area contributed by atoms with Crippen LogP contribution < -0.4 is 5.32 Å². The largest absolute Gasteiger partial charge is 0.456 e. The minimum Gasteiger partial charge on any atom is -0.456 e. The summed E-state index contributed by atoms with van der Waals surface area (Å²) in [6.45, 7) is 0. The summed E-state index contributed by atoms with van der Waals surface area (Å²) in [5, 5.41) is 10.5. The molecule has 10 rings (SSSR count). The van der Waals surface area contributed by atoms with E-state index < -0.39 is 0 Å². The molecule has 9 aromatic rings. The number of fused-ring (bicyclic) bond motifs is 5. The molecular formula is C47H31N3O. The van der Waals surface area contributed by atoms with Gasteiger partial charge in [-0.3, -0.25) is 0 Å².